The summed E-state index contributed by atoms with van der Waals surface area (Å²) in [5.41, 5.74) is 0.697. The molecule has 2 aromatic carbocycles. The lowest BCUT2D eigenvalue weighted by molar-refractivity contribution is 0.0956. The molecule has 1 aliphatic rings. The maximum atomic E-state index is 14.5. The third kappa shape index (κ3) is 4.31. The van der Waals surface area contributed by atoms with Gasteiger partial charge in [0.05, 0.1) is 15.3 Å². The first kappa shape index (κ1) is 23.5. The van der Waals surface area contributed by atoms with E-state index >= 15 is 0 Å². The van der Waals surface area contributed by atoms with E-state index in [-0.39, 0.29) is 20.9 Å². The van der Waals surface area contributed by atoms with Gasteiger partial charge < -0.3 is 9.32 Å². The Morgan fingerprint density at radius 2 is 1.82 bits per heavy atom. The second-order valence-electron chi connectivity index (χ2n) is 7.60. The molecule has 176 valence electrons. The number of halogens is 2. The summed E-state index contributed by atoms with van der Waals surface area (Å²) in [4.78, 5) is 13.6. The number of hydrogen-bond acceptors (Lipinski definition) is 7. The van der Waals surface area contributed by atoms with Crippen molar-refractivity contribution in [3.05, 3.63) is 53.0 Å². The summed E-state index contributed by atoms with van der Waals surface area (Å²) < 4.78 is 72.9. The molecule has 13 heteroatoms. The number of amides is 1. The van der Waals surface area contributed by atoms with Crippen LogP contribution in [0.2, 0.25) is 5.02 Å². The van der Waals surface area contributed by atoms with Crippen LogP contribution in [0.4, 0.5) is 10.1 Å². The second kappa shape index (κ2) is 8.28. The number of carbonyl (C=O) groups is 1. The minimum Gasteiger partial charge on any atom is -0.451 e. The van der Waals surface area contributed by atoms with Crippen LogP contribution >= 0.6 is 11.6 Å². The Morgan fingerprint density at radius 3 is 2.42 bits per heavy atom. The standard InChI is InChI=1S/C20H19ClFN3O6S2/c1-24(2)33(29,30)13-4-5-15(21)19(10-13)32(27,28)23-20(26)18-11-14-16(22)8-12(9-17(14)31-18)25-6-3-7-25/h4-5,8-11H,3,6-7H2,1-2H3,(H,23,26). The number of carbonyl (C=O) groups excluding carboxylic acids is 1. The first-order valence-corrected chi connectivity index (χ1v) is 13.0. The predicted molar refractivity (Wildman–Crippen MR) is 120 cm³/mol. The number of furan rings is 1. The molecule has 0 radical (unpaired) electrons. The molecule has 1 fully saturated rings. The van der Waals surface area contributed by atoms with E-state index in [2.05, 4.69) is 0 Å². The largest absolute Gasteiger partial charge is 0.451 e. The van der Waals surface area contributed by atoms with Crippen molar-refractivity contribution in [1.29, 1.82) is 0 Å². The zero-order chi connectivity index (χ0) is 24.1. The Balaban J connectivity index is 1.66. The molecule has 0 spiro atoms. The van der Waals surface area contributed by atoms with Gasteiger partial charge >= 0.3 is 5.91 Å². The van der Waals surface area contributed by atoms with Crippen LogP contribution < -0.4 is 9.62 Å². The molecule has 4 rings (SSSR count). The Morgan fingerprint density at radius 1 is 1.12 bits per heavy atom. The first-order valence-electron chi connectivity index (χ1n) is 9.67. The SMILES string of the molecule is CN(C)S(=O)(=O)c1ccc(Cl)c(S(=O)(=O)NC(=O)c2cc3c(F)cc(N4CCC4)cc3o2)c1. The summed E-state index contributed by atoms with van der Waals surface area (Å²) in [7, 11) is -5.97. The van der Waals surface area contributed by atoms with Gasteiger partial charge in [-0.1, -0.05) is 11.6 Å². The summed E-state index contributed by atoms with van der Waals surface area (Å²) in [6.07, 6.45) is 0.989. The van der Waals surface area contributed by atoms with Gasteiger partial charge in [0.25, 0.3) is 10.0 Å². The number of nitrogens with one attached hydrogen (secondary N) is 1. The number of rotatable bonds is 6. The number of nitrogens with zero attached hydrogens (tertiary/aromatic N) is 2. The van der Waals surface area contributed by atoms with Gasteiger partial charge in [-0.05, 0) is 30.7 Å². The van der Waals surface area contributed by atoms with Gasteiger partial charge in [0, 0.05) is 45.0 Å². The maximum Gasteiger partial charge on any atom is 0.300 e. The molecule has 9 nitrogen and oxygen atoms in total. The van der Waals surface area contributed by atoms with Crippen molar-refractivity contribution in [1.82, 2.24) is 9.03 Å². The van der Waals surface area contributed by atoms with Crippen molar-refractivity contribution in [2.75, 3.05) is 32.1 Å². The highest BCUT2D eigenvalue weighted by Gasteiger charge is 2.27. The Hall–Kier alpha value is -2.67. The summed E-state index contributed by atoms with van der Waals surface area (Å²) in [6.45, 7) is 1.56. The van der Waals surface area contributed by atoms with E-state index in [0.29, 0.717) is 5.69 Å². The van der Waals surface area contributed by atoms with Gasteiger partial charge in [0.1, 0.15) is 16.3 Å². The predicted octanol–water partition coefficient (Wildman–Crippen LogP) is 2.80. The second-order valence-corrected chi connectivity index (χ2v) is 11.8. The van der Waals surface area contributed by atoms with E-state index in [0.717, 1.165) is 48.1 Å². The van der Waals surface area contributed by atoms with Crippen molar-refractivity contribution in [3.8, 4) is 0 Å². The van der Waals surface area contributed by atoms with Gasteiger partial charge in [-0.2, -0.15) is 0 Å². The van der Waals surface area contributed by atoms with Gasteiger partial charge in [-0.15, -0.1) is 0 Å². The number of sulfonamides is 2. The minimum absolute atomic E-state index is 0.0268. The van der Waals surface area contributed by atoms with E-state index in [1.165, 1.54) is 20.2 Å². The van der Waals surface area contributed by atoms with Crippen molar-refractivity contribution < 1.29 is 30.4 Å². The molecule has 2 heterocycles. The van der Waals surface area contributed by atoms with Crippen LogP contribution in [0.25, 0.3) is 11.0 Å². The lowest BCUT2D eigenvalue weighted by atomic mass is 10.1. The van der Waals surface area contributed by atoms with Crippen LogP contribution in [0.1, 0.15) is 17.0 Å². The maximum absolute atomic E-state index is 14.5. The first-order chi connectivity index (χ1) is 15.4. The summed E-state index contributed by atoms with van der Waals surface area (Å²) in [5.74, 6) is -2.20. The lowest BCUT2D eigenvalue weighted by Crippen LogP contribution is -2.36. The molecule has 0 atom stereocenters. The third-order valence-electron chi connectivity index (χ3n) is 5.21. The molecule has 0 unspecified atom stereocenters. The van der Waals surface area contributed by atoms with Crippen LogP contribution in [0, 0.1) is 5.82 Å². The Labute approximate surface area is 194 Å². The number of benzene rings is 2. The fourth-order valence-corrected chi connectivity index (χ4v) is 5.73. The van der Waals surface area contributed by atoms with E-state index < -0.39 is 42.4 Å². The molecular formula is C20H19ClFN3O6S2. The highest BCUT2D eigenvalue weighted by atomic mass is 35.5. The van der Waals surface area contributed by atoms with Gasteiger partial charge in [-0.25, -0.2) is 30.3 Å². The molecular weight excluding hydrogens is 497 g/mol. The molecule has 3 aromatic rings. The van der Waals surface area contributed by atoms with Crippen LogP contribution in [-0.4, -0.2) is 54.2 Å². The molecule has 1 saturated heterocycles. The topological polar surface area (TPSA) is 117 Å². The smallest absolute Gasteiger partial charge is 0.300 e. The summed E-state index contributed by atoms with van der Waals surface area (Å²) in [6, 6.07) is 7.11. The molecule has 0 bridgehead atoms. The summed E-state index contributed by atoms with van der Waals surface area (Å²) >= 11 is 5.97. The van der Waals surface area contributed by atoms with Gasteiger partial charge in [-0.3, -0.25) is 4.79 Å². The highest BCUT2D eigenvalue weighted by Crippen LogP contribution is 2.31. The Kier molecular flexibility index (Phi) is 5.89. The molecule has 0 saturated carbocycles. The van der Waals surface area contributed by atoms with E-state index in [9.17, 15) is 26.0 Å². The van der Waals surface area contributed by atoms with E-state index in [1.807, 2.05) is 4.90 Å². The highest BCUT2D eigenvalue weighted by molar-refractivity contribution is 7.90. The molecule has 1 N–H and O–H groups in total. The summed E-state index contributed by atoms with van der Waals surface area (Å²) in [5, 5.41) is -0.262. The quantitative estimate of drug-likeness (QED) is 0.536. The molecule has 0 aliphatic carbocycles. The van der Waals surface area contributed by atoms with E-state index in [4.69, 9.17) is 16.0 Å². The minimum atomic E-state index is -4.59. The fraction of sp³-hybridized carbons (Fsp3) is 0.250. The van der Waals surface area contributed by atoms with Crippen LogP contribution in [0.15, 0.2) is 50.6 Å². The van der Waals surface area contributed by atoms with Crippen molar-refractivity contribution in [3.63, 3.8) is 0 Å². The normalized spacial score (nSPS) is 14.5. The zero-order valence-electron chi connectivity index (χ0n) is 17.5. The monoisotopic (exact) mass is 515 g/mol. The van der Waals surface area contributed by atoms with Gasteiger partial charge in [0.15, 0.2) is 5.76 Å². The Bertz CT molecular complexity index is 1480. The molecule has 33 heavy (non-hydrogen) atoms. The van der Waals surface area contributed by atoms with Crippen molar-refractivity contribution >= 4 is 54.2 Å². The number of hydrogen-bond donors (Lipinski definition) is 1. The molecule has 1 amide bonds. The van der Waals surface area contributed by atoms with Crippen LogP contribution in [0.3, 0.4) is 0 Å². The average Bonchev–Trinajstić information content (AvgIpc) is 3.11. The van der Waals surface area contributed by atoms with Crippen molar-refractivity contribution in [2.24, 2.45) is 0 Å². The average molecular weight is 516 g/mol. The van der Waals surface area contributed by atoms with Crippen LogP contribution in [0.5, 0.6) is 0 Å². The third-order valence-corrected chi connectivity index (χ3v) is 8.84. The zero-order valence-corrected chi connectivity index (χ0v) is 19.9. The lowest BCUT2D eigenvalue weighted by Gasteiger charge is -2.33. The fourth-order valence-electron chi connectivity index (χ4n) is 3.24. The molecule has 1 aromatic heterocycles. The number of fused-ring (bicyclic) bond motifs is 1. The molecule has 1 aliphatic heterocycles. The number of anilines is 1. The van der Waals surface area contributed by atoms with Crippen LogP contribution in [-0.2, 0) is 20.0 Å². The van der Waals surface area contributed by atoms with E-state index in [1.54, 1.807) is 10.8 Å². The van der Waals surface area contributed by atoms with Gasteiger partial charge in [0.2, 0.25) is 10.0 Å². The van der Waals surface area contributed by atoms with Crippen molar-refractivity contribution in [2.45, 2.75) is 16.2 Å².